The van der Waals surface area contributed by atoms with Crippen molar-refractivity contribution in [2.75, 3.05) is 19.0 Å². The van der Waals surface area contributed by atoms with Gasteiger partial charge in [-0.1, -0.05) is 29.8 Å². The molecule has 0 radical (unpaired) electrons. The van der Waals surface area contributed by atoms with E-state index in [9.17, 15) is 9.59 Å². The van der Waals surface area contributed by atoms with Gasteiger partial charge in [-0.3, -0.25) is 14.9 Å². The zero-order valence-electron chi connectivity index (χ0n) is 17.7. The van der Waals surface area contributed by atoms with Gasteiger partial charge < -0.3 is 10.1 Å². The number of para-hydroxylation sites is 1. The number of hydrogen-bond donors (Lipinski definition) is 2. The molecule has 0 fully saturated rings. The molecule has 0 spiro atoms. The number of methoxy groups -OCH3 is 1. The van der Waals surface area contributed by atoms with Crippen LogP contribution in [0.5, 0.6) is 5.75 Å². The van der Waals surface area contributed by atoms with Crippen LogP contribution in [0.4, 0.5) is 5.13 Å². The Hall–Kier alpha value is -2.90. The molecule has 0 saturated carbocycles. The minimum absolute atomic E-state index is 0.0262. The maximum absolute atomic E-state index is 12.9. The van der Waals surface area contributed by atoms with Gasteiger partial charge in [0.15, 0.2) is 5.13 Å². The molecule has 4 rings (SSSR count). The Morgan fingerprint density at radius 2 is 1.97 bits per heavy atom. The molecule has 32 heavy (non-hydrogen) atoms. The maximum atomic E-state index is 12.9. The first kappa shape index (κ1) is 22.3. The first-order chi connectivity index (χ1) is 15.5. The van der Waals surface area contributed by atoms with Crippen molar-refractivity contribution in [3.8, 4) is 5.75 Å². The van der Waals surface area contributed by atoms with Gasteiger partial charge in [0, 0.05) is 22.0 Å². The van der Waals surface area contributed by atoms with Crippen LogP contribution in [0.3, 0.4) is 0 Å². The molecule has 2 N–H and O–H groups in total. The van der Waals surface area contributed by atoms with E-state index in [4.69, 9.17) is 16.3 Å². The summed E-state index contributed by atoms with van der Waals surface area (Å²) in [5.74, 6) is 0.253. The zero-order chi connectivity index (χ0) is 22.5. The second-order valence-electron chi connectivity index (χ2n) is 7.59. The standard InChI is InChI=1S/C24H24ClN3O3S/c1-31-19-7-3-2-5-15(19)13-14-26-23(30)18-6-4-8-20-21(18)27-24(32-20)28-22(29)16-9-11-17(25)12-10-16/h2-3,5,7,9-12,18H,4,6,8,13-14H2,1H3,(H,26,30)(H,27,28,29)/t18-/m0/s1. The summed E-state index contributed by atoms with van der Waals surface area (Å²) >= 11 is 7.33. The third-order valence-electron chi connectivity index (χ3n) is 5.48. The fourth-order valence-electron chi connectivity index (χ4n) is 3.85. The van der Waals surface area contributed by atoms with Crippen LogP contribution in [-0.4, -0.2) is 30.5 Å². The number of carbonyl (C=O) groups excluding carboxylic acids is 2. The summed E-state index contributed by atoms with van der Waals surface area (Å²) in [6, 6.07) is 14.5. The average Bonchev–Trinajstić information content (AvgIpc) is 3.22. The summed E-state index contributed by atoms with van der Waals surface area (Å²) in [4.78, 5) is 31.1. The van der Waals surface area contributed by atoms with Crippen molar-refractivity contribution in [2.24, 2.45) is 0 Å². The molecule has 166 valence electrons. The summed E-state index contributed by atoms with van der Waals surface area (Å²) in [7, 11) is 1.65. The number of aromatic nitrogens is 1. The number of anilines is 1. The van der Waals surface area contributed by atoms with E-state index in [0.717, 1.165) is 41.1 Å². The van der Waals surface area contributed by atoms with Crippen LogP contribution in [-0.2, 0) is 17.6 Å². The molecule has 1 aliphatic rings. The molecule has 3 aromatic rings. The highest BCUT2D eigenvalue weighted by molar-refractivity contribution is 7.16. The van der Waals surface area contributed by atoms with Crippen molar-refractivity contribution < 1.29 is 14.3 Å². The molecular formula is C24H24ClN3O3S. The number of thiazole rings is 1. The Bertz CT molecular complexity index is 1110. The number of hydrogen-bond acceptors (Lipinski definition) is 5. The summed E-state index contributed by atoms with van der Waals surface area (Å²) in [6.45, 7) is 0.523. The quantitative estimate of drug-likeness (QED) is 0.519. The maximum Gasteiger partial charge on any atom is 0.257 e. The Morgan fingerprint density at radius 3 is 2.75 bits per heavy atom. The zero-order valence-corrected chi connectivity index (χ0v) is 19.3. The number of halogens is 1. The first-order valence-electron chi connectivity index (χ1n) is 10.5. The van der Waals surface area contributed by atoms with Crippen LogP contribution in [0.1, 0.15) is 45.3 Å². The molecule has 0 bridgehead atoms. The third kappa shape index (κ3) is 5.11. The third-order valence-corrected chi connectivity index (χ3v) is 6.78. The Balaban J connectivity index is 1.39. The van der Waals surface area contributed by atoms with Crippen LogP contribution >= 0.6 is 22.9 Å². The number of fused-ring (bicyclic) bond motifs is 1. The number of nitrogens with one attached hydrogen (secondary N) is 2. The van der Waals surface area contributed by atoms with Gasteiger partial charge in [0.25, 0.3) is 5.91 Å². The van der Waals surface area contributed by atoms with Crippen molar-refractivity contribution in [1.29, 1.82) is 0 Å². The summed E-state index contributed by atoms with van der Waals surface area (Å²) in [6.07, 6.45) is 3.23. The number of amides is 2. The minimum Gasteiger partial charge on any atom is -0.496 e. The number of ether oxygens (including phenoxy) is 1. The van der Waals surface area contributed by atoms with E-state index >= 15 is 0 Å². The Morgan fingerprint density at radius 1 is 1.19 bits per heavy atom. The van der Waals surface area contributed by atoms with E-state index in [1.165, 1.54) is 11.3 Å². The first-order valence-corrected chi connectivity index (χ1v) is 11.7. The lowest BCUT2D eigenvalue weighted by atomic mass is 9.90. The molecule has 2 aromatic carbocycles. The van der Waals surface area contributed by atoms with Crippen LogP contribution in [0, 0.1) is 0 Å². The molecule has 0 saturated heterocycles. The van der Waals surface area contributed by atoms with E-state index in [-0.39, 0.29) is 17.7 Å². The number of nitrogens with zero attached hydrogens (tertiary/aromatic N) is 1. The van der Waals surface area contributed by atoms with E-state index < -0.39 is 0 Å². The molecule has 0 unspecified atom stereocenters. The van der Waals surface area contributed by atoms with Gasteiger partial charge in [0.1, 0.15) is 5.75 Å². The van der Waals surface area contributed by atoms with Gasteiger partial charge in [0.05, 0.1) is 18.7 Å². The van der Waals surface area contributed by atoms with Crippen LogP contribution in [0.15, 0.2) is 48.5 Å². The van der Waals surface area contributed by atoms with Crippen LogP contribution in [0.25, 0.3) is 0 Å². The van der Waals surface area contributed by atoms with Crippen LogP contribution < -0.4 is 15.4 Å². The number of rotatable bonds is 7. The predicted octanol–water partition coefficient (Wildman–Crippen LogP) is 4.84. The SMILES string of the molecule is COc1ccccc1CCNC(=O)[C@H]1CCCc2sc(NC(=O)c3ccc(Cl)cc3)nc21. The molecule has 1 aromatic heterocycles. The molecule has 2 amide bonds. The van der Waals surface area contributed by atoms with Gasteiger partial charge in [0.2, 0.25) is 5.91 Å². The topological polar surface area (TPSA) is 80.3 Å². The average molecular weight is 470 g/mol. The fourth-order valence-corrected chi connectivity index (χ4v) is 5.04. The fraction of sp³-hybridized carbons (Fsp3) is 0.292. The normalized spacial score (nSPS) is 15.0. The number of aryl methyl sites for hydroxylation is 1. The van der Waals surface area contributed by atoms with E-state index in [0.29, 0.717) is 28.7 Å². The lowest BCUT2D eigenvalue weighted by Crippen LogP contribution is -2.32. The smallest absolute Gasteiger partial charge is 0.257 e. The van der Waals surface area contributed by atoms with Gasteiger partial charge >= 0.3 is 0 Å². The highest BCUT2D eigenvalue weighted by atomic mass is 35.5. The van der Waals surface area contributed by atoms with E-state index in [1.54, 1.807) is 31.4 Å². The van der Waals surface area contributed by atoms with Crippen molar-refractivity contribution in [2.45, 2.75) is 31.6 Å². The van der Waals surface area contributed by atoms with Crippen molar-refractivity contribution in [3.05, 3.63) is 75.3 Å². The lowest BCUT2D eigenvalue weighted by Gasteiger charge is -2.20. The van der Waals surface area contributed by atoms with Gasteiger partial charge in [-0.15, -0.1) is 11.3 Å². The summed E-state index contributed by atoms with van der Waals surface area (Å²) < 4.78 is 5.38. The van der Waals surface area contributed by atoms with E-state index in [1.807, 2.05) is 24.3 Å². The van der Waals surface area contributed by atoms with E-state index in [2.05, 4.69) is 15.6 Å². The highest BCUT2D eigenvalue weighted by Gasteiger charge is 2.30. The molecule has 8 heteroatoms. The molecule has 1 aliphatic carbocycles. The second-order valence-corrected chi connectivity index (χ2v) is 9.11. The lowest BCUT2D eigenvalue weighted by molar-refractivity contribution is -0.122. The summed E-state index contributed by atoms with van der Waals surface area (Å²) in [5.41, 5.74) is 2.34. The Labute approximate surface area is 196 Å². The number of benzene rings is 2. The molecular weight excluding hydrogens is 446 g/mol. The van der Waals surface area contributed by atoms with Crippen molar-refractivity contribution >= 4 is 39.9 Å². The summed E-state index contributed by atoms with van der Waals surface area (Å²) in [5, 5.41) is 6.99. The Kier molecular flexibility index (Phi) is 7.07. The van der Waals surface area contributed by atoms with Crippen LogP contribution in [0.2, 0.25) is 5.02 Å². The number of carbonyl (C=O) groups is 2. The van der Waals surface area contributed by atoms with Gasteiger partial charge in [-0.25, -0.2) is 4.98 Å². The predicted molar refractivity (Wildman–Crippen MR) is 127 cm³/mol. The second kappa shape index (κ2) is 10.1. The highest BCUT2D eigenvalue weighted by Crippen LogP contribution is 2.37. The molecule has 6 nitrogen and oxygen atoms in total. The van der Waals surface area contributed by atoms with Gasteiger partial charge in [-0.05, 0) is 61.6 Å². The molecule has 0 aliphatic heterocycles. The van der Waals surface area contributed by atoms with Gasteiger partial charge in [-0.2, -0.15) is 0 Å². The molecule has 1 atom stereocenters. The molecule has 1 heterocycles. The van der Waals surface area contributed by atoms with Crippen molar-refractivity contribution in [1.82, 2.24) is 10.3 Å². The minimum atomic E-state index is -0.297. The monoisotopic (exact) mass is 469 g/mol. The largest absolute Gasteiger partial charge is 0.496 e. The van der Waals surface area contributed by atoms with Crippen molar-refractivity contribution in [3.63, 3.8) is 0 Å².